The molecule has 42 heavy (non-hydrogen) atoms. The number of nitrogens with zero attached hydrogens (tertiary/aromatic N) is 4. The molecule has 0 aliphatic heterocycles. The van der Waals surface area contributed by atoms with Crippen LogP contribution in [0.4, 0.5) is 17.1 Å². The Morgan fingerprint density at radius 3 is 2.10 bits per heavy atom. The Morgan fingerprint density at radius 1 is 0.500 bits per heavy atom. The summed E-state index contributed by atoms with van der Waals surface area (Å²) in [6.07, 6.45) is 1.84. The van der Waals surface area contributed by atoms with Gasteiger partial charge in [0.2, 0.25) is 0 Å². The molecule has 4 heteroatoms. The molecule has 0 atom stereocenters. The average Bonchev–Trinajstić information content (AvgIpc) is 3.45. The molecule has 2 heterocycles. The lowest BCUT2D eigenvalue weighted by Crippen LogP contribution is -2.10. The van der Waals surface area contributed by atoms with Crippen LogP contribution in [0.1, 0.15) is 0 Å². The molecule has 0 amide bonds. The molecule has 6 aromatic carbocycles. The van der Waals surface area contributed by atoms with E-state index in [1.54, 1.807) is 0 Å². The maximum Gasteiger partial charge on any atom is 0.145 e. The number of hydrogen-bond acceptors (Lipinski definition) is 3. The standard InChI is InChI=1S/C38H26N4/c1-2-13-29(14-3-1)41(35-20-8-12-27-11-4-5-15-31(27)35)30-24-22-28(23-25-30)38-40-34-17-6-7-19-37(34)42(38)36-21-9-18-33-32(36)16-10-26-39-33/h1-26H. The number of aromatic nitrogens is 3. The fourth-order valence-electron chi connectivity index (χ4n) is 5.91. The van der Waals surface area contributed by atoms with E-state index in [2.05, 4.69) is 154 Å². The van der Waals surface area contributed by atoms with E-state index in [-0.39, 0.29) is 0 Å². The van der Waals surface area contributed by atoms with Crippen molar-refractivity contribution in [2.75, 3.05) is 4.90 Å². The molecular formula is C38H26N4. The van der Waals surface area contributed by atoms with Gasteiger partial charge in [-0.25, -0.2) is 4.98 Å². The zero-order valence-electron chi connectivity index (χ0n) is 22.8. The van der Waals surface area contributed by atoms with Crippen LogP contribution in [0.2, 0.25) is 0 Å². The molecule has 0 saturated carbocycles. The van der Waals surface area contributed by atoms with E-state index in [0.29, 0.717) is 0 Å². The first kappa shape index (κ1) is 24.1. The van der Waals surface area contributed by atoms with Crippen molar-refractivity contribution >= 4 is 49.8 Å². The summed E-state index contributed by atoms with van der Waals surface area (Å²) in [6.45, 7) is 0. The van der Waals surface area contributed by atoms with Gasteiger partial charge < -0.3 is 4.90 Å². The Kier molecular flexibility index (Phi) is 5.75. The Labute approximate surface area is 243 Å². The van der Waals surface area contributed by atoms with Gasteiger partial charge in [0.1, 0.15) is 5.82 Å². The molecule has 198 valence electrons. The smallest absolute Gasteiger partial charge is 0.145 e. The lowest BCUT2D eigenvalue weighted by molar-refractivity contribution is 1.11. The first-order valence-electron chi connectivity index (χ1n) is 14.1. The quantitative estimate of drug-likeness (QED) is 0.219. The van der Waals surface area contributed by atoms with Gasteiger partial charge in [-0.15, -0.1) is 0 Å². The number of imidazole rings is 1. The highest BCUT2D eigenvalue weighted by atomic mass is 15.1. The second-order valence-corrected chi connectivity index (χ2v) is 10.3. The minimum atomic E-state index is 0.899. The number of para-hydroxylation sites is 3. The molecular weight excluding hydrogens is 512 g/mol. The van der Waals surface area contributed by atoms with Crippen molar-refractivity contribution in [3.8, 4) is 17.1 Å². The summed E-state index contributed by atoms with van der Waals surface area (Å²) in [5.41, 5.74) is 8.42. The van der Waals surface area contributed by atoms with Crippen LogP contribution in [-0.4, -0.2) is 14.5 Å². The molecule has 4 nitrogen and oxygen atoms in total. The minimum absolute atomic E-state index is 0.899. The van der Waals surface area contributed by atoms with E-state index in [0.717, 1.165) is 56.1 Å². The summed E-state index contributed by atoms with van der Waals surface area (Å²) in [5.74, 6) is 0.899. The molecule has 0 radical (unpaired) electrons. The predicted molar refractivity (Wildman–Crippen MR) is 174 cm³/mol. The van der Waals surface area contributed by atoms with Crippen molar-refractivity contribution in [2.24, 2.45) is 0 Å². The zero-order chi connectivity index (χ0) is 27.9. The number of rotatable bonds is 5. The summed E-state index contributed by atoms with van der Waals surface area (Å²) in [5, 5.41) is 3.51. The molecule has 0 aliphatic rings. The maximum absolute atomic E-state index is 5.13. The van der Waals surface area contributed by atoms with Crippen molar-refractivity contribution in [3.63, 3.8) is 0 Å². The Bertz CT molecular complexity index is 2190. The second kappa shape index (κ2) is 10.0. The molecule has 0 bridgehead atoms. The van der Waals surface area contributed by atoms with Crippen molar-refractivity contribution in [2.45, 2.75) is 0 Å². The normalized spacial score (nSPS) is 11.3. The van der Waals surface area contributed by atoms with Crippen molar-refractivity contribution in [1.82, 2.24) is 14.5 Å². The van der Waals surface area contributed by atoms with E-state index >= 15 is 0 Å². The lowest BCUT2D eigenvalue weighted by Gasteiger charge is -2.27. The first-order chi connectivity index (χ1) is 20.8. The highest BCUT2D eigenvalue weighted by molar-refractivity contribution is 5.99. The Balaban J connectivity index is 1.30. The van der Waals surface area contributed by atoms with Gasteiger partial charge in [-0.3, -0.25) is 9.55 Å². The first-order valence-corrected chi connectivity index (χ1v) is 14.1. The van der Waals surface area contributed by atoms with E-state index in [9.17, 15) is 0 Å². The highest BCUT2D eigenvalue weighted by Crippen LogP contribution is 2.40. The molecule has 2 aromatic heterocycles. The van der Waals surface area contributed by atoms with Gasteiger partial charge in [0, 0.05) is 33.9 Å². The minimum Gasteiger partial charge on any atom is -0.310 e. The van der Waals surface area contributed by atoms with Crippen LogP contribution in [-0.2, 0) is 0 Å². The molecule has 8 aromatic rings. The fraction of sp³-hybridized carbons (Fsp3) is 0. The van der Waals surface area contributed by atoms with Crippen molar-refractivity contribution < 1.29 is 0 Å². The second-order valence-electron chi connectivity index (χ2n) is 10.3. The van der Waals surface area contributed by atoms with Crippen LogP contribution >= 0.6 is 0 Å². The van der Waals surface area contributed by atoms with Gasteiger partial charge in [0.15, 0.2) is 0 Å². The Morgan fingerprint density at radius 2 is 1.19 bits per heavy atom. The van der Waals surface area contributed by atoms with Gasteiger partial charge in [0.05, 0.1) is 27.9 Å². The predicted octanol–water partition coefficient (Wildman–Crippen LogP) is 9.86. The Hall–Kier alpha value is -5.74. The van der Waals surface area contributed by atoms with E-state index in [1.807, 2.05) is 18.3 Å². The topological polar surface area (TPSA) is 34.0 Å². The molecule has 0 spiro atoms. The summed E-state index contributed by atoms with van der Waals surface area (Å²) >= 11 is 0. The molecule has 0 unspecified atom stereocenters. The van der Waals surface area contributed by atoms with E-state index in [1.165, 1.54) is 10.8 Å². The number of fused-ring (bicyclic) bond motifs is 3. The van der Waals surface area contributed by atoms with Gasteiger partial charge in [-0.05, 0) is 84.2 Å². The van der Waals surface area contributed by atoms with Gasteiger partial charge >= 0.3 is 0 Å². The molecule has 0 N–H and O–H groups in total. The molecule has 8 rings (SSSR count). The number of pyridine rings is 1. The third kappa shape index (κ3) is 4.01. The monoisotopic (exact) mass is 538 g/mol. The van der Waals surface area contributed by atoms with Crippen LogP contribution < -0.4 is 4.90 Å². The average molecular weight is 539 g/mol. The van der Waals surface area contributed by atoms with Crippen LogP contribution in [0.5, 0.6) is 0 Å². The SMILES string of the molecule is c1ccc(N(c2ccc(-c3nc4ccccc4n3-c3cccc4ncccc34)cc2)c2cccc3ccccc23)cc1. The molecule has 0 saturated heterocycles. The summed E-state index contributed by atoms with van der Waals surface area (Å²) < 4.78 is 2.26. The van der Waals surface area contributed by atoms with Crippen LogP contribution in [0.15, 0.2) is 158 Å². The third-order valence-electron chi connectivity index (χ3n) is 7.83. The van der Waals surface area contributed by atoms with E-state index in [4.69, 9.17) is 4.98 Å². The number of anilines is 3. The van der Waals surface area contributed by atoms with Crippen molar-refractivity contribution in [3.05, 3.63) is 158 Å². The van der Waals surface area contributed by atoms with Crippen LogP contribution in [0.25, 0.3) is 49.8 Å². The highest BCUT2D eigenvalue weighted by Gasteiger charge is 2.18. The summed E-state index contributed by atoms with van der Waals surface area (Å²) in [6, 6.07) is 53.0. The largest absolute Gasteiger partial charge is 0.310 e. The van der Waals surface area contributed by atoms with E-state index < -0.39 is 0 Å². The van der Waals surface area contributed by atoms with Crippen LogP contribution in [0, 0.1) is 0 Å². The number of hydrogen-bond donors (Lipinski definition) is 0. The number of benzene rings is 6. The van der Waals surface area contributed by atoms with Gasteiger partial charge in [0.25, 0.3) is 0 Å². The lowest BCUT2D eigenvalue weighted by atomic mass is 10.1. The zero-order valence-corrected chi connectivity index (χ0v) is 22.8. The van der Waals surface area contributed by atoms with Crippen LogP contribution in [0.3, 0.4) is 0 Å². The fourth-order valence-corrected chi connectivity index (χ4v) is 5.91. The third-order valence-corrected chi connectivity index (χ3v) is 7.83. The van der Waals surface area contributed by atoms with Gasteiger partial charge in [-0.1, -0.05) is 72.8 Å². The summed E-state index contributed by atoms with van der Waals surface area (Å²) in [4.78, 5) is 12.1. The maximum atomic E-state index is 5.13. The molecule has 0 aliphatic carbocycles. The summed E-state index contributed by atoms with van der Waals surface area (Å²) in [7, 11) is 0. The molecule has 0 fully saturated rings. The van der Waals surface area contributed by atoms with Crippen molar-refractivity contribution in [1.29, 1.82) is 0 Å². The van der Waals surface area contributed by atoms with Gasteiger partial charge in [-0.2, -0.15) is 0 Å².